The molecular formula is C25H33N5O3. The van der Waals surface area contributed by atoms with Crippen LogP contribution in [-0.2, 0) is 17.6 Å². The highest BCUT2D eigenvalue weighted by Crippen LogP contribution is 2.31. The predicted octanol–water partition coefficient (Wildman–Crippen LogP) is 4.11. The maximum Gasteiger partial charge on any atom is 0.269 e. The molecule has 4 rings (SSSR count). The number of non-ortho nitro benzene ring substituents is 1. The zero-order valence-electron chi connectivity index (χ0n) is 19.8. The smallest absolute Gasteiger partial charge is 0.269 e. The first-order valence-corrected chi connectivity index (χ1v) is 12.0. The largest absolute Gasteiger partial charge is 0.353 e. The molecule has 1 amide bonds. The van der Waals surface area contributed by atoms with Crippen molar-refractivity contribution in [1.82, 2.24) is 14.9 Å². The lowest BCUT2D eigenvalue weighted by Crippen LogP contribution is -2.51. The standard InChI is InChI=1S/C25H33N5O3/c1-4-22-21(16-18-8-10-20(11-9-18)30(32)33)24(27-23(26-22)17(2)3)28-12-14-29(15-13-28)25(31)19-6-5-7-19/h8-11,17,19H,4-7,12-16H2,1-3H3. The molecule has 33 heavy (non-hydrogen) atoms. The Kier molecular flexibility index (Phi) is 6.91. The van der Waals surface area contributed by atoms with Crippen LogP contribution < -0.4 is 4.90 Å². The molecule has 8 heteroatoms. The lowest BCUT2D eigenvalue weighted by atomic mass is 9.84. The average molecular weight is 452 g/mol. The van der Waals surface area contributed by atoms with Gasteiger partial charge in [-0.1, -0.05) is 39.3 Å². The minimum absolute atomic E-state index is 0.0911. The Bertz CT molecular complexity index is 1010. The number of benzene rings is 1. The van der Waals surface area contributed by atoms with E-state index in [0.717, 1.165) is 73.9 Å². The van der Waals surface area contributed by atoms with Crippen LogP contribution in [0.3, 0.4) is 0 Å². The number of aromatic nitrogens is 2. The summed E-state index contributed by atoms with van der Waals surface area (Å²) in [6.45, 7) is 9.24. The maximum atomic E-state index is 12.7. The second kappa shape index (κ2) is 9.85. The molecule has 0 unspecified atom stereocenters. The zero-order chi connectivity index (χ0) is 23.5. The van der Waals surface area contributed by atoms with Gasteiger partial charge in [-0.2, -0.15) is 0 Å². The van der Waals surface area contributed by atoms with Crippen molar-refractivity contribution in [3.63, 3.8) is 0 Å². The van der Waals surface area contributed by atoms with Crippen molar-refractivity contribution in [2.24, 2.45) is 5.92 Å². The molecule has 2 heterocycles. The van der Waals surface area contributed by atoms with Crippen LogP contribution in [0, 0.1) is 16.0 Å². The van der Waals surface area contributed by atoms with E-state index >= 15 is 0 Å². The molecule has 1 aliphatic carbocycles. The Morgan fingerprint density at radius 3 is 2.30 bits per heavy atom. The van der Waals surface area contributed by atoms with Gasteiger partial charge in [-0.3, -0.25) is 14.9 Å². The second-order valence-corrected chi connectivity index (χ2v) is 9.38. The van der Waals surface area contributed by atoms with Gasteiger partial charge in [0.05, 0.1) is 4.92 Å². The number of amides is 1. The van der Waals surface area contributed by atoms with Crippen LogP contribution in [0.1, 0.15) is 68.6 Å². The van der Waals surface area contributed by atoms with Crippen LogP contribution in [0.5, 0.6) is 0 Å². The van der Waals surface area contributed by atoms with E-state index in [9.17, 15) is 14.9 Å². The summed E-state index contributed by atoms with van der Waals surface area (Å²) < 4.78 is 0. The SMILES string of the molecule is CCc1nc(C(C)C)nc(N2CCN(C(=O)C3CCC3)CC2)c1Cc1ccc([N+](=O)[O-])cc1. The highest BCUT2D eigenvalue weighted by atomic mass is 16.6. The number of carbonyl (C=O) groups excluding carboxylic acids is 1. The molecule has 0 atom stereocenters. The Labute approximate surface area is 195 Å². The van der Waals surface area contributed by atoms with E-state index < -0.39 is 0 Å². The van der Waals surface area contributed by atoms with Crippen LogP contribution in [0.4, 0.5) is 11.5 Å². The summed E-state index contributed by atoms with van der Waals surface area (Å²) in [5.41, 5.74) is 3.19. The average Bonchev–Trinajstić information content (AvgIpc) is 2.78. The molecule has 1 saturated carbocycles. The molecule has 1 saturated heterocycles. The van der Waals surface area contributed by atoms with Gasteiger partial charge in [0.25, 0.3) is 5.69 Å². The Hall–Kier alpha value is -3.03. The third-order valence-electron chi connectivity index (χ3n) is 6.81. The van der Waals surface area contributed by atoms with Gasteiger partial charge in [0, 0.05) is 67.8 Å². The fourth-order valence-electron chi connectivity index (χ4n) is 4.52. The first kappa shape index (κ1) is 23.1. The van der Waals surface area contributed by atoms with Crippen molar-refractivity contribution in [1.29, 1.82) is 0 Å². The van der Waals surface area contributed by atoms with Crippen LogP contribution in [0.2, 0.25) is 0 Å². The van der Waals surface area contributed by atoms with Gasteiger partial charge in [-0.15, -0.1) is 0 Å². The third kappa shape index (κ3) is 4.99. The topological polar surface area (TPSA) is 92.5 Å². The number of nitro groups is 1. The Morgan fingerprint density at radius 1 is 1.12 bits per heavy atom. The molecule has 0 bridgehead atoms. The highest BCUT2D eigenvalue weighted by molar-refractivity contribution is 5.80. The van der Waals surface area contributed by atoms with Gasteiger partial charge in [0.2, 0.25) is 5.91 Å². The van der Waals surface area contributed by atoms with Gasteiger partial charge in [-0.05, 0) is 24.8 Å². The molecule has 176 valence electrons. The minimum atomic E-state index is -0.377. The van der Waals surface area contributed by atoms with E-state index in [-0.39, 0.29) is 22.4 Å². The quantitative estimate of drug-likeness (QED) is 0.465. The van der Waals surface area contributed by atoms with Crippen molar-refractivity contribution in [2.45, 2.75) is 58.8 Å². The molecule has 1 aromatic heterocycles. The summed E-state index contributed by atoms with van der Waals surface area (Å²) in [6, 6.07) is 6.73. The first-order valence-electron chi connectivity index (χ1n) is 12.0. The second-order valence-electron chi connectivity index (χ2n) is 9.38. The van der Waals surface area contributed by atoms with Crippen LogP contribution in [0.25, 0.3) is 0 Å². The van der Waals surface area contributed by atoms with Crippen molar-refractivity contribution in [3.8, 4) is 0 Å². The number of anilines is 1. The van der Waals surface area contributed by atoms with Gasteiger partial charge in [0.1, 0.15) is 11.6 Å². The fourth-order valence-corrected chi connectivity index (χ4v) is 4.52. The van der Waals surface area contributed by atoms with E-state index in [1.54, 1.807) is 12.1 Å². The number of piperazine rings is 1. The Balaban J connectivity index is 1.60. The molecule has 0 N–H and O–H groups in total. The zero-order valence-corrected chi connectivity index (χ0v) is 19.8. The van der Waals surface area contributed by atoms with Crippen molar-refractivity contribution in [2.75, 3.05) is 31.1 Å². The predicted molar refractivity (Wildman–Crippen MR) is 128 cm³/mol. The lowest BCUT2D eigenvalue weighted by Gasteiger charge is -2.39. The van der Waals surface area contributed by atoms with Crippen LogP contribution >= 0.6 is 0 Å². The molecule has 2 aliphatic rings. The number of hydrogen-bond acceptors (Lipinski definition) is 6. The number of carbonyl (C=O) groups is 1. The minimum Gasteiger partial charge on any atom is -0.353 e. The molecule has 1 aliphatic heterocycles. The summed E-state index contributed by atoms with van der Waals surface area (Å²) in [5, 5.41) is 11.0. The highest BCUT2D eigenvalue weighted by Gasteiger charge is 2.32. The van der Waals surface area contributed by atoms with E-state index in [2.05, 4.69) is 25.7 Å². The van der Waals surface area contributed by atoms with Gasteiger partial charge in [-0.25, -0.2) is 9.97 Å². The van der Waals surface area contributed by atoms with E-state index in [1.807, 2.05) is 17.0 Å². The monoisotopic (exact) mass is 451 g/mol. The molecule has 2 fully saturated rings. The maximum absolute atomic E-state index is 12.7. The fraction of sp³-hybridized carbons (Fsp3) is 0.560. The molecule has 0 radical (unpaired) electrons. The van der Waals surface area contributed by atoms with Crippen LogP contribution in [0.15, 0.2) is 24.3 Å². The normalized spacial score (nSPS) is 16.7. The van der Waals surface area contributed by atoms with Crippen molar-refractivity contribution < 1.29 is 9.72 Å². The van der Waals surface area contributed by atoms with Crippen molar-refractivity contribution in [3.05, 3.63) is 57.0 Å². The Morgan fingerprint density at radius 2 is 1.79 bits per heavy atom. The van der Waals surface area contributed by atoms with Crippen LogP contribution in [-0.4, -0.2) is 51.9 Å². The summed E-state index contributed by atoms with van der Waals surface area (Å²) >= 11 is 0. The summed E-state index contributed by atoms with van der Waals surface area (Å²) in [6.07, 6.45) is 4.64. The molecular weight excluding hydrogens is 418 g/mol. The van der Waals surface area contributed by atoms with E-state index in [0.29, 0.717) is 12.3 Å². The molecule has 2 aromatic rings. The molecule has 1 aromatic carbocycles. The first-order chi connectivity index (χ1) is 15.9. The van der Waals surface area contributed by atoms with E-state index in [1.165, 1.54) is 6.42 Å². The number of rotatable bonds is 7. The summed E-state index contributed by atoms with van der Waals surface area (Å²) in [4.78, 5) is 37.5. The summed E-state index contributed by atoms with van der Waals surface area (Å²) in [5.74, 6) is 2.53. The number of hydrogen-bond donors (Lipinski definition) is 0. The number of nitro benzene ring substituents is 1. The lowest BCUT2D eigenvalue weighted by molar-refractivity contribution is -0.384. The van der Waals surface area contributed by atoms with Gasteiger partial charge in [0.15, 0.2) is 0 Å². The summed E-state index contributed by atoms with van der Waals surface area (Å²) in [7, 11) is 0. The third-order valence-corrected chi connectivity index (χ3v) is 6.81. The number of nitrogens with zero attached hydrogens (tertiary/aromatic N) is 5. The van der Waals surface area contributed by atoms with E-state index in [4.69, 9.17) is 9.97 Å². The van der Waals surface area contributed by atoms with Crippen molar-refractivity contribution >= 4 is 17.4 Å². The van der Waals surface area contributed by atoms with Gasteiger partial charge < -0.3 is 9.80 Å². The van der Waals surface area contributed by atoms with Gasteiger partial charge >= 0.3 is 0 Å². The molecule has 8 nitrogen and oxygen atoms in total. The number of aryl methyl sites for hydroxylation is 1. The molecule has 0 spiro atoms.